The molecule has 2 unspecified atom stereocenters. The lowest BCUT2D eigenvalue weighted by molar-refractivity contribution is 0.0965. The van der Waals surface area contributed by atoms with Gasteiger partial charge in [-0.3, -0.25) is 4.79 Å². The maximum atomic E-state index is 12.4. The summed E-state index contributed by atoms with van der Waals surface area (Å²) in [4.78, 5) is 12.4. The second-order valence-electron chi connectivity index (χ2n) is 5.18. The predicted octanol–water partition coefficient (Wildman–Crippen LogP) is 4.63. The van der Waals surface area contributed by atoms with Gasteiger partial charge >= 0.3 is 0 Å². The fourth-order valence-electron chi connectivity index (χ4n) is 2.66. The first-order chi connectivity index (χ1) is 9.16. The van der Waals surface area contributed by atoms with Crippen LogP contribution in [0.1, 0.15) is 33.8 Å². The summed E-state index contributed by atoms with van der Waals surface area (Å²) >= 11 is 5.85. The van der Waals surface area contributed by atoms with E-state index < -0.39 is 0 Å². The van der Waals surface area contributed by atoms with Crippen molar-refractivity contribution in [1.82, 2.24) is 0 Å². The number of aryl methyl sites for hydroxylation is 1. The van der Waals surface area contributed by atoms with Gasteiger partial charge in [0.15, 0.2) is 5.78 Å². The van der Waals surface area contributed by atoms with Crippen LogP contribution in [0.4, 0.5) is 0 Å². The zero-order valence-electron chi connectivity index (χ0n) is 10.8. The number of hydrogen-bond donors (Lipinski definition) is 0. The third-order valence-corrected chi connectivity index (χ3v) is 4.10. The Hall–Kier alpha value is -1.60. The van der Waals surface area contributed by atoms with Gasteiger partial charge in [0.25, 0.3) is 0 Å². The van der Waals surface area contributed by atoms with Crippen LogP contribution < -0.4 is 0 Å². The molecule has 0 N–H and O–H groups in total. The Bertz CT molecular complexity index is 615. The van der Waals surface area contributed by atoms with Crippen molar-refractivity contribution in [2.75, 3.05) is 0 Å². The highest BCUT2D eigenvalue weighted by Crippen LogP contribution is 2.50. The van der Waals surface area contributed by atoms with E-state index in [0.29, 0.717) is 10.9 Å². The van der Waals surface area contributed by atoms with Crippen LogP contribution in [0.15, 0.2) is 48.5 Å². The maximum absolute atomic E-state index is 12.4. The zero-order chi connectivity index (χ0) is 13.4. The SMILES string of the molecule is Cc1ccccc1C1CC1C(=O)c1ccc(Cl)cc1. The summed E-state index contributed by atoms with van der Waals surface area (Å²) in [6.07, 6.45) is 0.965. The van der Waals surface area contributed by atoms with E-state index in [1.54, 1.807) is 12.1 Å². The first-order valence-electron chi connectivity index (χ1n) is 6.52. The molecule has 0 aliphatic heterocycles. The Morgan fingerprint density at radius 1 is 1.11 bits per heavy atom. The van der Waals surface area contributed by atoms with Crippen molar-refractivity contribution in [1.29, 1.82) is 0 Å². The van der Waals surface area contributed by atoms with Gasteiger partial charge in [0.05, 0.1) is 0 Å². The summed E-state index contributed by atoms with van der Waals surface area (Å²) < 4.78 is 0. The molecule has 1 saturated carbocycles. The summed E-state index contributed by atoms with van der Waals surface area (Å²) in [7, 11) is 0. The van der Waals surface area contributed by atoms with Gasteiger partial charge in [0.2, 0.25) is 0 Å². The minimum absolute atomic E-state index is 0.141. The quantitative estimate of drug-likeness (QED) is 0.743. The molecule has 96 valence electrons. The summed E-state index contributed by atoms with van der Waals surface area (Å²) in [5.74, 6) is 0.775. The fraction of sp³-hybridized carbons (Fsp3) is 0.235. The molecule has 3 rings (SSSR count). The van der Waals surface area contributed by atoms with Gasteiger partial charge in [-0.25, -0.2) is 0 Å². The molecular formula is C17H15ClO. The van der Waals surface area contributed by atoms with Crippen LogP contribution in [0.2, 0.25) is 5.02 Å². The molecule has 0 aromatic heterocycles. The molecule has 1 nitrogen and oxygen atoms in total. The normalized spacial score (nSPS) is 21.2. The molecule has 2 atom stereocenters. The summed E-state index contributed by atoms with van der Waals surface area (Å²) in [5.41, 5.74) is 3.36. The first kappa shape index (κ1) is 12.4. The average molecular weight is 271 g/mol. The van der Waals surface area contributed by atoms with Gasteiger partial charge < -0.3 is 0 Å². The summed E-state index contributed by atoms with van der Waals surface area (Å²) in [6, 6.07) is 15.5. The van der Waals surface area contributed by atoms with E-state index in [0.717, 1.165) is 12.0 Å². The van der Waals surface area contributed by atoms with E-state index in [4.69, 9.17) is 11.6 Å². The molecular weight excluding hydrogens is 256 g/mol. The van der Waals surface area contributed by atoms with Crippen molar-refractivity contribution in [3.05, 3.63) is 70.2 Å². The first-order valence-corrected chi connectivity index (χ1v) is 6.90. The maximum Gasteiger partial charge on any atom is 0.166 e. The molecule has 0 spiro atoms. The molecule has 1 fully saturated rings. The molecule has 1 aliphatic carbocycles. The highest BCUT2D eigenvalue weighted by molar-refractivity contribution is 6.30. The minimum Gasteiger partial charge on any atom is -0.294 e. The third kappa shape index (κ3) is 2.43. The number of hydrogen-bond acceptors (Lipinski definition) is 1. The van der Waals surface area contributed by atoms with Gasteiger partial charge in [0, 0.05) is 16.5 Å². The number of Topliss-reactive ketones (excluding diaryl/α,β-unsaturated/α-hetero) is 1. The van der Waals surface area contributed by atoms with E-state index in [1.165, 1.54) is 11.1 Å². The van der Waals surface area contributed by atoms with Crippen molar-refractivity contribution in [2.24, 2.45) is 5.92 Å². The van der Waals surface area contributed by atoms with Gasteiger partial charge in [-0.05, 0) is 54.7 Å². The molecule has 1 aliphatic rings. The molecule has 0 bridgehead atoms. The molecule has 2 heteroatoms. The van der Waals surface area contributed by atoms with Crippen molar-refractivity contribution < 1.29 is 4.79 Å². The van der Waals surface area contributed by atoms with E-state index in [9.17, 15) is 4.79 Å². The van der Waals surface area contributed by atoms with Crippen LogP contribution in [-0.2, 0) is 0 Å². The van der Waals surface area contributed by atoms with Gasteiger partial charge in [-0.15, -0.1) is 0 Å². The lowest BCUT2D eigenvalue weighted by Gasteiger charge is -2.04. The Morgan fingerprint density at radius 3 is 2.47 bits per heavy atom. The second kappa shape index (κ2) is 4.82. The predicted molar refractivity (Wildman–Crippen MR) is 77.8 cm³/mol. The number of rotatable bonds is 3. The van der Waals surface area contributed by atoms with Crippen molar-refractivity contribution in [2.45, 2.75) is 19.3 Å². The van der Waals surface area contributed by atoms with E-state index in [-0.39, 0.29) is 11.7 Å². The average Bonchev–Trinajstić information content (AvgIpc) is 3.19. The van der Waals surface area contributed by atoms with Crippen LogP contribution in [0.3, 0.4) is 0 Å². The zero-order valence-corrected chi connectivity index (χ0v) is 11.5. The van der Waals surface area contributed by atoms with Crippen molar-refractivity contribution in [3.8, 4) is 0 Å². The minimum atomic E-state index is 0.141. The molecule has 19 heavy (non-hydrogen) atoms. The summed E-state index contributed by atoms with van der Waals surface area (Å²) in [5, 5.41) is 0.669. The molecule has 0 radical (unpaired) electrons. The van der Waals surface area contributed by atoms with E-state index in [2.05, 4.69) is 19.1 Å². The Balaban J connectivity index is 1.78. The number of carbonyl (C=O) groups excluding carboxylic acids is 1. The number of halogens is 1. The molecule has 2 aromatic rings. The Labute approximate surface area is 118 Å². The van der Waals surface area contributed by atoms with Gasteiger partial charge in [0.1, 0.15) is 0 Å². The van der Waals surface area contributed by atoms with E-state index in [1.807, 2.05) is 24.3 Å². The van der Waals surface area contributed by atoms with Crippen LogP contribution in [0.25, 0.3) is 0 Å². The highest BCUT2D eigenvalue weighted by atomic mass is 35.5. The van der Waals surface area contributed by atoms with Crippen molar-refractivity contribution >= 4 is 17.4 Å². The van der Waals surface area contributed by atoms with Crippen LogP contribution in [0, 0.1) is 12.8 Å². The van der Waals surface area contributed by atoms with Crippen molar-refractivity contribution in [3.63, 3.8) is 0 Å². The van der Waals surface area contributed by atoms with Crippen LogP contribution in [0.5, 0.6) is 0 Å². The third-order valence-electron chi connectivity index (χ3n) is 3.84. The van der Waals surface area contributed by atoms with Gasteiger partial charge in [-0.1, -0.05) is 35.9 Å². The van der Waals surface area contributed by atoms with Crippen LogP contribution in [-0.4, -0.2) is 5.78 Å². The lowest BCUT2D eigenvalue weighted by Crippen LogP contribution is -2.03. The lowest BCUT2D eigenvalue weighted by atomic mass is 10.00. The summed E-state index contributed by atoms with van der Waals surface area (Å²) in [6.45, 7) is 2.11. The molecule has 0 saturated heterocycles. The second-order valence-corrected chi connectivity index (χ2v) is 5.61. The van der Waals surface area contributed by atoms with Crippen LogP contribution >= 0.6 is 11.6 Å². The van der Waals surface area contributed by atoms with Gasteiger partial charge in [-0.2, -0.15) is 0 Å². The smallest absolute Gasteiger partial charge is 0.166 e. The molecule has 2 aromatic carbocycles. The number of carbonyl (C=O) groups is 1. The highest BCUT2D eigenvalue weighted by Gasteiger charge is 2.44. The largest absolute Gasteiger partial charge is 0.294 e. The fourth-order valence-corrected chi connectivity index (χ4v) is 2.79. The molecule has 0 heterocycles. The molecule has 0 amide bonds. The Kier molecular flexibility index (Phi) is 3.16. The Morgan fingerprint density at radius 2 is 1.79 bits per heavy atom. The number of benzene rings is 2. The van der Waals surface area contributed by atoms with E-state index >= 15 is 0 Å². The standard InChI is InChI=1S/C17H15ClO/c1-11-4-2-3-5-14(11)15-10-16(15)17(19)12-6-8-13(18)9-7-12/h2-9,15-16H,10H2,1H3. The topological polar surface area (TPSA) is 17.1 Å². The monoisotopic (exact) mass is 270 g/mol. The number of ketones is 1.